The summed E-state index contributed by atoms with van der Waals surface area (Å²) in [6.07, 6.45) is 9.09. The average molecular weight is 326 g/mol. The number of benzene rings is 1. The molecule has 130 valence electrons. The van der Waals surface area contributed by atoms with Gasteiger partial charge >= 0.3 is 0 Å². The molecule has 1 aromatic heterocycles. The highest BCUT2D eigenvalue weighted by Crippen LogP contribution is 2.25. The van der Waals surface area contributed by atoms with Crippen LogP contribution < -0.4 is 0 Å². The van der Waals surface area contributed by atoms with Crippen molar-refractivity contribution < 1.29 is 4.52 Å². The van der Waals surface area contributed by atoms with Gasteiger partial charge < -0.3 is 4.52 Å². The second-order valence-electron chi connectivity index (χ2n) is 6.82. The van der Waals surface area contributed by atoms with Gasteiger partial charge in [-0.2, -0.15) is 4.98 Å². The van der Waals surface area contributed by atoms with Crippen LogP contribution in [-0.2, 0) is 0 Å². The Bertz CT molecular complexity index is 672. The lowest BCUT2D eigenvalue weighted by molar-refractivity contribution is 0.351. The number of rotatable bonds is 8. The molecule has 0 saturated heterocycles. The van der Waals surface area contributed by atoms with Crippen molar-refractivity contribution in [1.29, 1.82) is 0 Å². The van der Waals surface area contributed by atoms with Crippen molar-refractivity contribution in [1.82, 2.24) is 10.1 Å². The van der Waals surface area contributed by atoms with Gasteiger partial charge in [-0.25, -0.2) is 0 Å². The molecule has 0 amide bonds. The van der Waals surface area contributed by atoms with Gasteiger partial charge in [-0.15, -0.1) is 0 Å². The first-order valence-electron chi connectivity index (χ1n) is 9.17. The molecule has 0 aliphatic rings. The zero-order valence-corrected chi connectivity index (χ0v) is 15.7. The molecule has 1 aromatic carbocycles. The van der Waals surface area contributed by atoms with Crippen molar-refractivity contribution in [2.45, 2.75) is 66.2 Å². The molecule has 2 unspecified atom stereocenters. The van der Waals surface area contributed by atoms with Crippen LogP contribution >= 0.6 is 0 Å². The van der Waals surface area contributed by atoms with Crippen molar-refractivity contribution in [2.75, 3.05) is 0 Å². The molecule has 3 heteroatoms. The second kappa shape index (κ2) is 8.81. The Kier molecular flexibility index (Phi) is 6.77. The Balaban J connectivity index is 2.20. The standard InChI is InChI=1S/C21H30N2O/c1-6-8-9-17(5)21-22-20(23-24-21)19-13-11-16(4)18(14-19)12-10-15(3)7-2/h10-15,17H,6-9H2,1-5H3/b12-10-. The normalized spacial score (nSPS) is 14.2. The van der Waals surface area contributed by atoms with Crippen LogP contribution in [0.1, 0.15) is 76.3 Å². The largest absolute Gasteiger partial charge is 0.339 e. The number of hydrogen-bond acceptors (Lipinski definition) is 3. The molecule has 0 aliphatic heterocycles. The van der Waals surface area contributed by atoms with Gasteiger partial charge in [0.2, 0.25) is 11.7 Å². The number of aromatic nitrogens is 2. The first kappa shape index (κ1) is 18.4. The number of unbranched alkanes of at least 4 members (excludes halogenated alkanes) is 1. The van der Waals surface area contributed by atoms with Crippen molar-refractivity contribution in [3.8, 4) is 11.4 Å². The Morgan fingerprint density at radius 2 is 2.00 bits per heavy atom. The predicted molar refractivity (Wildman–Crippen MR) is 101 cm³/mol. The van der Waals surface area contributed by atoms with Crippen molar-refractivity contribution in [3.05, 3.63) is 41.3 Å². The van der Waals surface area contributed by atoms with E-state index in [9.17, 15) is 0 Å². The highest BCUT2D eigenvalue weighted by atomic mass is 16.5. The second-order valence-corrected chi connectivity index (χ2v) is 6.82. The van der Waals surface area contributed by atoms with E-state index in [0.717, 1.165) is 24.3 Å². The quantitative estimate of drug-likeness (QED) is 0.563. The van der Waals surface area contributed by atoms with Crippen LogP contribution in [0.3, 0.4) is 0 Å². The summed E-state index contributed by atoms with van der Waals surface area (Å²) in [5.74, 6) is 2.34. The molecule has 0 fully saturated rings. The van der Waals surface area contributed by atoms with Crippen LogP contribution in [0, 0.1) is 12.8 Å². The maximum Gasteiger partial charge on any atom is 0.229 e. The molecule has 2 atom stereocenters. The molecule has 2 rings (SSSR count). The smallest absolute Gasteiger partial charge is 0.229 e. The predicted octanol–water partition coefficient (Wildman–Crippen LogP) is 6.40. The molecular weight excluding hydrogens is 296 g/mol. The fourth-order valence-corrected chi connectivity index (χ4v) is 2.55. The molecule has 0 saturated carbocycles. The zero-order chi connectivity index (χ0) is 17.5. The Morgan fingerprint density at radius 1 is 1.21 bits per heavy atom. The lowest BCUT2D eigenvalue weighted by atomic mass is 10.0. The van der Waals surface area contributed by atoms with Gasteiger partial charge in [-0.3, -0.25) is 0 Å². The molecule has 0 spiro atoms. The van der Waals surface area contributed by atoms with E-state index in [1.54, 1.807) is 0 Å². The van der Waals surface area contributed by atoms with Crippen LogP contribution in [0.25, 0.3) is 17.5 Å². The molecule has 24 heavy (non-hydrogen) atoms. The monoisotopic (exact) mass is 326 g/mol. The molecule has 2 aromatic rings. The van der Waals surface area contributed by atoms with Gasteiger partial charge in [0, 0.05) is 11.5 Å². The summed E-state index contributed by atoms with van der Waals surface area (Å²) in [7, 11) is 0. The van der Waals surface area contributed by atoms with Gasteiger partial charge in [0.25, 0.3) is 0 Å². The summed E-state index contributed by atoms with van der Waals surface area (Å²) in [6, 6.07) is 6.35. The summed E-state index contributed by atoms with van der Waals surface area (Å²) < 4.78 is 5.48. The first-order valence-corrected chi connectivity index (χ1v) is 9.17. The topological polar surface area (TPSA) is 38.9 Å². The lowest BCUT2D eigenvalue weighted by Gasteiger charge is -2.05. The van der Waals surface area contributed by atoms with Gasteiger partial charge in [0.15, 0.2) is 0 Å². The highest BCUT2D eigenvalue weighted by molar-refractivity contribution is 5.64. The number of hydrogen-bond donors (Lipinski definition) is 0. The van der Waals surface area contributed by atoms with Crippen molar-refractivity contribution >= 4 is 6.08 Å². The fraction of sp³-hybridized carbons (Fsp3) is 0.524. The number of nitrogens with zero attached hydrogens (tertiary/aromatic N) is 2. The van der Waals surface area contributed by atoms with Crippen LogP contribution in [0.15, 0.2) is 28.8 Å². The maximum atomic E-state index is 5.48. The molecule has 3 nitrogen and oxygen atoms in total. The van der Waals surface area contributed by atoms with E-state index >= 15 is 0 Å². The van der Waals surface area contributed by atoms with E-state index in [-0.39, 0.29) is 0 Å². The summed E-state index contributed by atoms with van der Waals surface area (Å²) in [5, 5.41) is 4.19. The minimum absolute atomic E-state index is 0.321. The highest BCUT2D eigenvalue weighted by Gasteiger charge is 2.15. The van der Waals surface area contributed by atoms with Gasteiger partial charge in [0.05, 0.1) is 0 Å². The van der Waals surface area contributed by atoms with Crippen LogP contribution in [0.2, 0.25) is 0 Å². The summed E-state index contributed by atoms with van der Waals surface area (Å²) in [4.78, 5) is 4.61. The molecule has 0 aliphatic carbocycles. The van der Waals surface area contributed by atoms with E-state index in [1.165, 1.54) is 24.0 Å². The van der Waals surface area contributed by atoms with Crippen LogP contribution in [0.4, 0.5) is 0 Å². The maximum absolute atomic E-state index is 5.48. The van der Waals surface area contributed by atoms with Gasteiger partial charge in [-0.1, -0.05) is 76.4 Å². The van der Waals surface area contributed by atoms with Crippen molar-refractivity contribution in [2.24, 2.45) is 5.92 Å². The minimum atomic E-state index is 0.321. The minimum Gasteiger partial charge on any atom is -0.339 e. The van der Waals surface area contributed by atoms with E-state index in [4.69, 9.17) is 4.52 Å². The Labute approximate surface area is 146 Å². The molecule has 1 heterocycles. The molecule has 0 N–H and O–H groups in total. The summed E-state index contributed by atoms with van der Waals surface area (Å²) in [5.41, 5.74) is 3.50. The third-order valence-corrected chi connectivity index (χ3v) is 4.64. The Hall–Kier alpha value is -1.90. The van der Waals surface area contributed by atoms with Crippen LogP contribution in [0.5, 0.6) is 0 Å². The molecule has 0 bridgehead atoms. The fourth-order valence-electron chi connectivity index (χ4n) is 2.55. The van der Waals surface area contributed by atoms with Gasteiger partial charge in [-0.05, 0) is 36.5 Å². The van der Waals surface area contributed by atoms with E-state index < -0.39 is 0 Å². The summed E-state index contributed by atoms with van der Waals surface area (Å²) >= 11 is 0. The molecule has 0 radical (unpaired) electrons. The van der Waals surface area contributed by atoms with E-state index in [2.05, 4.69) is 75.1 Å². The van der Waals surface area contributed by atoms with Gasteiger partial charge in [0.1, 0.15) is 0 Å². The average Bonchev–Trinajstić information content (AvgIpc) is 3.08. The number of allylic oxidation sites excluding steroid dienone is 1. The lowest BCUT2D eigenvalue weighted by Crippen LogP contribution is -1.94. The summed E-state index contributed by atoms with van der Waals surface area (Å²) in [6.45, 7) is 10.9. The Morgan fingerprint density at radius 3 is 2.71 bits per heavy atom. The first-order chi connectivity index (χ1) is 11.5. The van der Waals surface area contributed by atoms with Crippen molar-refractivity contribution in [3.63, 3.8) is 0 Å². The third kappa shape index (κ3) is 4.80. The SMILES string of the molecule is CCCCC(C)c1nc(-c2ccc(C)c(/C=C\C(C)CC)c2)no1. The van der Waals surface area contributed by atoms with E-state index in [0.29, 0.717) is 17.7 Å². The van der Waals surface area contributed by atoms with Crippen LogP contribution in [-0.4, -0.2) is 10.1 Å². The zero-order valence-electron chi connectivity index (χ0n) is 15.7. The molecular formula is C21H30N2O. The van der Waals surface area contributed by atoms with E-state index in [1.807, 2.05) is 0 Å². The third-order valence-electron chi connectivity index (χ3n) is 4.64. The number of aryl methyl sites for hydroxylation is 1.